The maximum atomic E-state index is 12.0. The molecule has 1 aromatic carbocycles. The number of nitrogens with one attached hydrogen (secondary N) is 1. The van der Waals surface area contributed by atoms with Crippen LogP contribution < -0.4 is 5.32 Å². The summed E-state index contributed by atoms with van der Waals surface area (Å²) in [4.78, 5) is 20.4. The van der Waals surface area contributed by atoms with Crippen LogP contribution in [0.5, 0.6) is 5.75 Å². The Kier molecular flexibility index (Phi) is 4.54. The fourth-order valence-corrected chi connectivity index (χ4v) is 3.13. The van der Waals surface area contributed by atoms with Crippen molar-refractivity contribution < 1.29 is 9.90 Å². The molecule has 0 bridgehead atoms. The number of thioether (sulfide) groups is 1. The normalized spacial score (nSPS) is 12.7. The largest absolute Gasteiger partial charge is 0.508 e. The van der Waals surface area contributed by atoms with E-state index in [-0.39, 0.29) is 17.4 Å². The molecule has 0 radical (unpaired) electrons. The number of rotatable bonds is 3. The first-order valence-electron chi connectivity index (χ1n) is 6.95. The van der Waals surface area contributed by atoms with E-state index in [1.165, 1.54) is 17.8 Å². The number of anilines is 1. The van der Waals surface area contributed by atoms with E-state index in [0.717, 1.165) is 21.9 Å². The first-order valence-corrected chi connectivity index (χ1v) is 8.32. The number of halogens is 1. The van der Waals surface area contributed by atoms with Crippen molar-refractivity contribution in [2.45, 2.75) is 13.3 Å². The minimum absolute atomic E-state index is 0.145. The Bertz CT molecular complexity index is 808. The molecule has 0 spiro atoms. The molecule has 0 aliphatic carbocycles. The second-order valence-corrected chi connectivity index (χ2v) is 6.59. The second-order valence-electron chi connectivity index (χ2n) is 5.16. The number of aromatic nitrogens is 1. The van der Waals surface area contributed by atoms with E-state index in [2.05, 4.69) is 15.3 Å². The number of phenolic OH excluding ortho intramolecular Hbond substituents is 1. The van der Waals surface area contributed by atoms with Crippen LogP contribution in [0.15, 0.2) is 35.5 Å². The van der Waals surface area contributed by atoms with Gasteiger partial charge in [0.05, 0.1) is 22.7 Å². The van der Waals surface area contributed by atoms with Crippen LogP contribution in [0, 0.1) is 6.92 Å². The molecule has 5 nitrogen and oxygen atoms in total. The number of benzene rings is 1. The van der Waals surface area contributed by atoms with Gasteiger partial charge in [0, 0.05) is 18.2 Å². The van der Waals surface area contributed by atoms with Crippen LogP contribution in [0.2, 0.25) is 5.15 Å². The van der Waals surface area contributed by atoms with Crippen LogP contribution in [-0.4, -0.2) is 26.8 Å². The quantitative estimate of drug-likeness (QED) is 0.830. The van der Waals surface area contributed by atoms with Gasteiger partial charge in [-0.05, 0) is 30.2 Å². The topological polar surface area (TPSA) is 74.6 Å². The standard InChI is InChI=1S/C16H14ClN3O2S/c1-9-2-3-11(6-13(9)21)19-15(22)8-23-16-5-10-4-14(17)18-7-12(10)20-16/h2-4,6-7,21H,5,8H2,1H3,(H,19,22). The van der Waals surface area contributed by atoms with Crippen LogP contribution in [0.4, 0.5) is 11.4 Å². The van der Waals surface area contributed by atoms with E-state index in [9.17, 15) is 9.90 Å². The number of amides is 1. The Morgan fingerprint density at radius 3 is 3.04 bits per heavy atom. The van der Waals surface area contributed by atoms with Crippen molar-refractivity contribution in [1.82, 2.24) is 4.98 Å². The van der Waals surface area contributed by atoms with Crippen molar-refractivity contribution in [2.75, 3.05) is 11.1 Å². The number of hydrogen-bond acceptors (Lipinski definition) is 5. The number of aryl methyl sites for hydroxylation is 1. The summed E-state index contributed by atoms with van der Waals surface area (Å²) in [6.07, 6.45) is 2.31. The van der Waals surface area contributed by atoms with Crippen LogP contribution >= 0.6 is 23.4 Å². The number of nitrogens with zero attached hydrogens (tertiary/aromatic N) is 2. The summed E-state index contributed by atoms with van der Waals surface area (Å²) in [6.45, 7) is 1.80. The highest BCUT2D eigenvalue weighted by Gasteiger charge is 2.17. The van der Waals surface area contributed by atoms with Gasteiger partial charge < -0.3 is 10.4 Å². The molecule has 1 aliphatic rings. The molecule has 0 saturated carbocycles. The molecular formula is C16H14ClN3O2S. The van der Waals surface area contributed by atoms with Gasteiger partial charge in [0.25, 0.3) is 0 Å². The van der Waals surface area contributed by atoms with Gasteiger partial charge in [-0.1, -0.05) is 17.7 Å². The molecular weight excluding hydrogens is 334 g/mol. The monoisotopic (exact) mass is 347 g/mol. The van der Waals surface area contributed by atoms with E-state index >= 15 is 0 Å². The summed E-state index contributed by atoms with van der Waals surface area (Å²) in [5, 5.41) is 13.7. The third-order valence-electron chi connectivity index (χ3n) is 3.38. The average Bonchev–Trinajstić information content (AvgIpc) is 2.91. The Labute approximate surface area is 142 Å². The molecule has 3 rings (SSSR count). The first-order chi connectivity index (χ1) is 11.0. The van der Waals surface area contributed by atoms with Gasteiger partial charge in [-0.2, -0.15) is 0 Å². The molecule has 0 fully saturated rings. The van der Waals surface area contributed by atoms with Gasteiger partial charge in [0.2, 0.25) is 5.91 Å². The summed E-state index contributed by atoms with van der Waals surface area (Å²) >= 11 is 7.25. The van der Waals surface area contributed by atoms with Crippen LogP contribution in [0.25, 0.3) is 0 Å². The maximum Gasteiger partial charge on any atom is 0.234 e. The van der Waals surface area contributed by atoms with Crippen molar-refractivity contribution in [3.05, 3.63) is 46.7 Å². The van der Waals surface area contributed by atoms with Gasteiger partial charge >= 0.3 is 0 Å². The molecule has 118 valence electrons. The summed E-state index contributed by atoms with van der Waals surface area (Å²) in [5.74, 6) is 0.270. The number of phenols is 1. The lowest BCUT2D eigenvalue weighted by atomic mass is 10.2. The molecule has 0 unspecified atom stereocenters. The third-order valence-corrected chi connectivity index (χ3v) is 4.56. The fourth-order valence-electron chi connectivity index (χ4n) is 2.16. The molecule has 0 atom stereocenters. The molecule has 2 heterocycles. The lowest BCUT2D eigenvalue weighted by Gasteiger charge is -2.06. The van der Waals surface area contributed by atoms with Gasteiger partial charge in [0.1, 0.15) is 10.9 Å². The van der Waals surface area contributed by atoms with E-state index in [0.29, 0.717) is 17.3 Å². The number of hydrogen-bond donors (Lipinski definition) is 2. The minimum Gasteiger partial charge on any atom is -0.508 e. The highest BCUT2D eigenvalue weighted by molar-refractivity contribution is 8.14. The Hall–Kier alpha value is -2.05. The highest BCUT2D eigenvalue weighted by atomic mass is 35.5. The Morgan fingerprint density at radius 1 is 1.43 bits per heavy atom. The smallest absolute Gasteiger partial charge is 0.234 e. The summed E-state index contributed by atoms with van der Waals surface area (Å²) in [7, 11) is 0. The Balaban J connectivity index is 1.55. The van der Waals surface area contributed by atoms with Crippen molar-refractivity contribution >= 4 is 45.7 Å². The van der Waals surface area contributed by atoms with Crippen molar-refractivity contribution in [1.29, 1.82) is 0 Å². The first kappa shape index (κ1) is 15.8. The molecule has 1 aliphatic heterocycles. The van der Waals surface area contributed by atoms with Crippen molar-refractivity contribution in [3.63, 3.8) is 0 Å². The second kappa shape index (κ2) is 6.60. The summed E-state index contributed by atoms with van der Waals surface area (Å²) in [5.41, 5.74) is 3.17. The van der Waals surface area contributed by atoms with Crippen LogP contribution in [-0.2, 0) is 11.2 Å². The number of aliphatic imine (C=N–C) groups is 1. The highest BCUT2D eigenvalue weighted by Crippen LogP contribution is 2.31. The lowest BCUT2D eigenvalue weighted by Crippen LogP contribution is -2.15. The van der Waals surface area contributed by atoms with E-state index in [4.69, 9.17) is 11.6 Å². The number of aromatic hydroxyl groups is 1. The van der Waals surface area contributed by atoms with E-state index in [1.54, 1.807) is 31.3 Å². The predicted octanol–water partition coefficient (Wildman–Crippen LogP) is 3.71. The molecule has 1 amide bonds. The van der Waals surface area contributed by atoms with Crippen LogP contribution in [0.1, 0.15) is 11.1 Å². The zero-order valence-corrected chi connectivity index (χ0v) is 13.9. The average molecular weight is 348 g/mol. The molecule has 2 N–H and O–H groups in total. The fraction of sp³-hybridized carbons (Fsp3) is 0.188. The maximum absolute atomic E-state index is 12.0. The molecule has 1 aromatic heterocycles. The van der Waals surface area contributed by atoms with Crippen molar-refractivity contribution in [2.24, 2.45) is 4.99 Å². The van der Waals surface area contributed by atoms with Crippen LogP contribution in [0.3, 0.4) is 0 Å². The van der Waals surface area contributed by atoms with Gasteiger partial charge in [0.15, 0.2) is 0 Å². The molecule has 7 heteroatoms. The molecule has 0 saturated heterocycles. The zero-order chi connectivity index (χ0) is 16.4. The number of fused-ring (bicyclic) bond motifs is 1. The summed E-state index contributed by atoms with van der Waals surface area (Å²) < 4.78 is 0. The van der Waals surface area contributed by atoms with E-state index in [1.807, 2.05) is 0 Å². The Morgan fingerprint density at radius 2 is 2.26 bits per heavy atom. The third kappa shape index (κ3) is 3.83. The van der Waals surface area contributed by atoms with Gasteiger partial charge in [-0.15, -0.1) is 11.8 Å². The minimum atomic E-state index is -0.145. The lowest BCUT2D eigenvalue weighted by molar-refractivity contribution is -0.113. The SMILES string of the molecule is Cc1ccc(NC(=O)CSC2=Nc3cnc(Cl)cc3C2)cc1O. The van der Waals surface area contributed by atoms with Crippen molar-refractivity contribution in [3.8, 4) is 5.75 Å². The number of pyridine rings is 1. The summed E-state index contributed by atoms with van der Waals surface area (Å²) in [6, 6.07) is 6.85. The number of carbonyl (C=O) groups is 1. The predicted molar refractivity (Wildman–Crippen MR) is 94.0 cm³/mol. The van der Waals surface area contributed by atoms with Gasteiger partial charge in [-0.3, -0.25) is 4.79 Å². The number of carbonyl (C=O) groups excluding carboxylic acids is 1. The molecule has 23 heavy (non-hydrogen) atoms. The molecule has 2 aromatic rings. The van der Waals surface area contributed by atoms with E-state index < -0.39 is 0 Å². The zero-order valence-electron chi connectivity index (χ0n) is 12.3. The van der Waals surface area contributed by atoms with Gasteiger partial charge in [-0.25, -0.2) is 9.98 Å².